The second-order valence-electron chi connectivity index (χ2n) is 8.99. The summed E-state index contributed by atoms with van der Waals surface area (Å²) in [7, 11) is 0. The summed E-state index contributed by atoms with van der Waals surface area (Å²) in [6.07, 6.45) is -3.50. The highest BCUT2D eigenvalue weighted by Crippen LogP contribution is 2.30. The third kappa shape index (κ3) is 4.89. The number of rotatable bonds is 5. The van der Waals surface area contributed by atoms with Crippen LogP contribution in [0.25, 0.3) is 5.65 Å². The zero-order valence-electron chi connectivity index (χ0n) is 19.7. The minimum Gasteiger partial charge on any atom is -0.355 e. The molecule has 0 N–H and O–H groups in total. The average molecular weight is 495 g/mol. The number of hydrogen-bond donors (Lipinski definition) is 0. The van der Waals surface area contributed by atoms with Crippen LogP contribution >= 0.6 is 0 Å². The second kappa shape index (κ2) is 9.60. The predicted octanol–water partition coefficient (Wildman–Crippen LogP) is 4.90. The SMILES string of the molecule is Cc1ccc(N(Cc2ccccc2)C(=O)C2CCN(c3ccc4nnc(C(F)(F)F)n4n3)CC2)cc1. The van der Waals surface area contributed by atoms with Crippen molar-refractivity contribution >= 4 is 23.1 Å². The van der Waals surface area contributed by atoms with E-state index in [2.05, 4.69) is 15.3 Å². The molecule has 0 spiro atoms. The van der Waals surface area contributed by atoms with Crippen molar-refractivity contribution in [2.24, 2.45) is 5.92 Å². The first kappa shape index (κ1) is 23.8. The van der Waals surface area contributed by atoms with E-state index in [-0.39, 0.29) is 17.5 Å². The lowest BCUT2D eigenvalue weighted by Crippen LogP contribution is -2.43. The molecule has 0 radical (unpaired) electrons. The lowest BCUT2D eigenvalue weighted by atomic mass is 9.94. The van der Waals surface area contributed by atoms with Crippen molar-refractivity contribution in [3.8, 4) is 0 Å². The van der Waals surface area contributed by atoms with E-state index in [1.54, 1.807) is 6.07 Å². The largest absolute Gasteiger partial charge is 0.453 e. The number of anilines is 2. The number of carbonyl (C=O) groups is 1. The molecule has 2 aromatic carbocycles. The topological polar surface area (TPSA) is 66.6 Å². The van der Waals surface area contributed by atoms with E-state index in [9.17, 15) is 18.0 Å². The Hall–Kier alpha value is -3.95. The number of amides is 1. The quantitative estimate of drug-likeness (QED) is 0.395. The molecule has 7 nitrogen and oxygen atoms in total. The third-order valence-corrected chi connectivity index (χ3v) is 6.47. The fraction of sp³-hybridized carbons (Fsp3) is 0.308. The highest BCUT2D eigenvalue weighted by atomic mass is 19.4. The molecular weight excluding hydrogens is 469 g/mol. The van der Waals surface area contributed by atoms with E-state index in [0.29, 0.717) is 38.3 Å². The molecule has 0 saturated carbocycles. The van der Waals surface area contributed by atoms with Crippen LogP contribution in [0.2, 0.25) is 0 Å². The van der Waals surface area contributed by atoms with E-state index in [4.69, 9.17) is 0 Å². The van der Waals surface area contributed by atoms with E-state index >= 15 is 0 Å². The number of fused-ring (bicyclic) bond motifs is 1. The van der Waals surface area contributed by atoms with Gasteiger partial charge in [-0.15, -0.1) is 15.3 Å². The average Bonchev–Trinajstić information content (AvgIpc) is 3.32. The molecule has 2 aromatic heterocycles. The van der Waals surface area contributed by atoms with Gasteiger partial charge in [-0.2, -0.15) is 17.7 Å². The van der Waals surface area contributed by atoms with Gasteiger partial charge in [0.05, 0.1) is 6.54 Å². The standard InChI is InChI=1S/C26H25F3N6O/c1-18-7-9-21(10-8-18)34(17-19-5-3-2-4-6-19)24(36)20-13-15-33(16-14-20)23-12-11-22-30-31-25(26(27,28)29)35(22)32-23/h2-12,20H,13-17H2,1H3. The molecule has 1 aliphatic heterocycles. The molecule has 186 valence electrons. The zero-order chi connectivity index (χ0) is 25.3. The summed E-state index contributed by atoms with van der Waals surface area (Å²) in [4.78, 5) is 17.4. The van der Waals surface area contributed by atoms with Gasteiger partial charge in [-0.05, 0) is 49.6 Å². The van der Waals surface area contributed by atoms with Crippen LogP contribution in [0, 0.1) is 12.8 Å². The minimum absolute atomic E-state index is 0.0331. The first-order valence-electron chi connectivity index (χ1n) is 11.8. The molecule has 0 unspecified atom stereocenters. The number of aryl methyl sites for hydroxylation is 1. The fourth-order valence-electron chi connectivity index (χ4n) is 4.49. The molecule has 36 heavy (non-hydrogen) atoms. The van der Waals surface area contributed by atoms with Crippen molar-refractivity contribution < 1.29 is 18.0 Å². The maximum atomic E-state index is 13.7. The number of halogens is 3. The number of hydrogen-bond acceptors (Lipinski definition) is 5. The maximum absolute atomic E-state index is 13.7. The van der Waals surface area contributed by atoms with Crippen molar-refractivity contribution in [3.05, 3.63) is 83.7 Å². The summed E-state index contributed by atoms with van der Waals surface area (Å²) < 4.78 is 40.4. The summed E-state index contributed by atoms with van der Waals surface area (Å²) in [5.74, 6) is -0.906. The molecular formula is C26H25F3N6O. The maximum Gasteiger partial charge on any atom is 0.453 e. The number of nitrogens with zero attached hydrogens (tertiary/aromatic N) is 6. The van der Waals surface area contributed by atoms with Crippen LogP contribution in [-0.2, 0) is 17.5 Å². The van der Waals surface area contributed by atoms with E-state index in [1.807, 2.05) is 71.3 Å². The Kier molecular flexibility index (Phi) is 6.34. The summed E-state index contributed by atoms with van der Waals surface area (Å²) >= 11 is 0. The highest BCUT2D eigenvalue weighted by molar-refractivity contribution is 5.95. The van der Waals surface area contributed by atoms with E-state index in [1.165, 1.54) is 6.07 Å². The van der Waals surface area contributed by atoms with Gasteiger partial charge in [-0.1, -0.05) is 48.0 Å². The molecule has 1 fully saturated rings. The Morgan fingerprint density at radius 3 is 2.33 bits per heavy atom. The Morgan fingerprint density at radius 2 is 1.67 bits per heavy atom. The minimum atomic E-state index is -4.65. The van der Waals surface area contributed by atoms with Crippen LogP contribution in [0.3, 0.4) is 0 Å². The summed E-state index contributed by atoms with van der Waals surface area (Å²) in [6, 6.07) is 20.9. The van der Waals surface area contributed by atoms with E-state index in [0.717, 1.165) is 21.3 Å². The van der Waals surface area contributed by atoms with Gasteiger partial charge < -0.3 is 9.80 Å². The molecule has 0 atom stereocenters. The monoisotopic (exact) mass is 494 g/mol. The van der Waals surface area contributed by atoms with Crippen molar-refractivity contribution in [1.29, 1.82) is 0 Å². The fourth-order valence-corrected chi connectivity index (χ4v) is 4.49. The van der Waals surface area contributed by atoms with Crippen molar-refractivity contribution in [1.82, 2.24) is 19.8 Å². The molecule has 1 amide bonds. The normalized spacial score (nSPS) is 14.8. The lowest BCUT2D eigenvalue weighted by molar-refractivity contribution is -0.146. The van der Waals surface area contributed by atoms with Crippen molar-refractivity contribution in [2.45, 2.75) is 32.5 Å². The van der Waals surface area contributed by atoms with Gasteiger partial charge in [0.2, 0.25) is 5.91 Å². The summed E-state index contributed by atoms with van der Waals surface area (Å²) in [5, 5.41) is 10.9. The smallest absolute Gasteiger partial charge is 0.355 e. The number of alkyl halides is 3. The third-order valence-electron chi connectivity index (χ3n) is 6.47. The Labute approximate surface area is 206 Å². The van der Waals surface area contributed by atoms with Gasteiger partial charge in [0.1, 0.15) is 5.82 Å². The summed E-state index contributed by atoms with van der Waals surface area (Å²) in [6.45, 7) is 3.48. The van der Waals surface area contributed by atoms with Crippen LogP contribution in [0.1, 0.15) is 29.8 Å². The van der Waals surface area contributed by atoms with Crippen LogP contribution < -0.4 is 9.80 Å². The van der Waals surface area contributed by atoms with Gasteiger partial charge >= 0.3 is 6.18 Å². The number of benzene rings is 2. The lowest BCUT2D eigenvalue weighted by Gasteiger charge is -2.35. The molecule has 5 rings (SSSR count). The van der Waals surface area contributed by atoms with Gasteiger partial charge in [0, 0.05) is 24.7 Å². The number of aromatic nitrogens is 4. The van der Waals surface area contributed by atoms with Crippen molar-refractivity contribution in [2.75, 3.05) is 22.9 Å². The Morgan fingerprint density at radius 1 is 0.972 bits per heavy atom. The highest BCUT2D eigenvalue weighted by Gasteiger charge is 2.38. The molecule has 1 aliphatic rings. The zero-order valence-corrected chi connectivity index (χ0v) is 19.7. The molecule has 0 bridgehead atoms. The summed E-state index contributed by atoms with van der Waals surface area (Å²) in [5.41, 5.74) is 3.03. The molecule has 0 aliphatic carbocycles. The first-order valence-corrected chi connectivity index (χ1v) is 11.8. The van der Waals surface area contributed by atoms with Gasteiger partial charge in [0.15, 0.2) is 5.65 Å². The first-order chi connectivity index (χ1) is 17.3. The van der Waals surface area contributed by atoms with Crippen molar-refractivity contribution in [3.63, 3.8) is 0 Å². The van der Waals surface area contributed by atoms with Crippen LogP contribution in [0.5, 0.6) is 0 Å². The Bertz CT molecular complexity index is 1350. The van der Waals surface area contributed by atoms with Gasteiger partial charge in [-0.25, -0.2) is 0 Å². The van der Waals surface area contributed by atoms with Crippen LogP contribution in [0.15, 0.2) is 66.7 Å². The van der Waals surface area contributed by atoms with Crippen LogP contribution in [0.4, 0.5) is 24.7 Å². The Balaban J connectivity index is 1.32. The van der Waals surface area contributed by atoms with E-state index < -0.39 is 12.0 Å². The molecule has 1 saturated heterocycles. The number of piperidine rings is 1. The molecule has 10 heteroatoms. The molecule has 3 heterocycles. The van der Waals surface area contributed by atoms with Gasteiger partial charge in [0.25, 0.3) is 5.82 Å². The number of carbonyl (C=O) groups excluding carboxylic acids is 1. The second-order valence-corrected chi connectivity index (χ2v) is 8.99. The van der Waals surface area contributed by atoms with Gasteiger partial charge in [-0.3, -0.25) is 4.79 Å². The van der Waals surface area contributed by atoms with Crippen LogP contribution in [-0.4, -0.2) is 38.8 Å². The predicted molar refractivity (Wildman–Crippen MR) is 130 cm³/mol. The molecule has 4 aromatic rings.